The fourth-order valence-electron chi connectivity index (χ4n) is 2.60. The minimum Gasteiger partial charge on any atom is -0.350 e. The van der Waals surface area contributed by atoms with E-state index >= 15 is 0 Å². The lowest BCUT2D eigenvalue weighted by Gasteiger charge is -2.07. The minimum atomic E-state index is -2.93. The first-order chi connectivity index (χ1) is 10.9. The van der Waals surface area contributed by atoms with Crippen molar-refractivity contribution >= 4 is 15.7 Å². The van der Waals surface area contributed by atoms with E-state index in [1.165, 1.54) is 0 Å². The molecular weight excluding hydrogens is 316 g/mol. The Kier molecular flexibility index (Phi) is 4.21. The standard InChI is InChI=1S/C16H18N2O4S/c1-11-2-4-13(5-3-11)14-8-15(22-18-14)16(19)17-9-12-6-7-23(20,21)10-12/h2-5,8,12H,6-7,9-10H2,1H3,(H,17,19)/t12-/m1/s1. The van der Waals surface area contributed by atoms with Crippen LogP contribution in [-0.2, 0) is 9.84 Å². The molecule has 1 amide bonds. The van der Waals surface area contributed by atoms with Crippen molar-refractivity contribution in [2.24, 2.45) is 5.92 Å². The van der Waals surface area contributed by atoms with Gasteiger partial charge in [-0.1, -0.05) is 35.0 Å². The van der Waals surface area contributed by atoms with Crippen molar-refractivity contribution in [1.82, 2.24) is 10.5 Å². The molecule has 0 radical (unpaired) electrons. The number of sulfone groups is 1. The summed E-state index contributed by atoms with van der Waals surface area (Å²) in [5.41, 5.74) is 2.61. The zero-order chi connectivity index (χ0) is 16.4. The smallest absolute Gasteiger partial charge is 0.289 e. The van der Waals surface area contributed by atoms with E-state index in [9.17, 15) is 13.2 Å². The molecule has 1 aromatic heterocycles. The van der Waals surface area contributed by atoms with Crippen LogP contribution in [0.3, 0.4) is 0 Å². The zero-order valence-electron chi connectivity index (χ0n) is 12.8. The third-order valence-electron chi connectivity index (χ3n) is 3.96. The molecule has 0 bridgehead atoms. The summed E-state index contributed by atoms with van der Waals surface area (Å²) in [5.74, 6) is 0.0659. The van der Waals surface area contributed by atoms with Gasteiger partial charge in [0.05, 0.1) is 11.5 Å². The largest absolute Gasteiger partial charge is 0.350 e. The highest BCUT2D eigenvalue weighted by molar-refractivity contribution is 7.91. The summed E-state index contributed by atoms with van der Waals surface area (Å²) in [6.45, 7) is 2.33. The molecule has 6 nitrogen and oxygen atoms in total. The van der Waals surface area contributed by atoms with Crippen LogP contribution in [0.15, 0.2) is 34.9 Å². The molecule has 23 heavy (non-hydrogen) atoms. The van der Waals surface area contributed by atoms with E-state index in [0.717, 1.165) is 11.1 Å². The highest BCUT2D eigenvalue weighted by atomic mass is 32.2. The van der Waals surface area contributed by atoms with E-state index in [1.54, 1.807) is 6.07 Å². The second kappa shape index (κ2) is 6.16. The summed E-state index contributed by atoms with van der Waals surface area (Å²) >= 11 is 0. The molecule has 122 valence electrons. The van der Waals surface area contributed by atoms with Crippen LogP contribution in [-0.4, -0.2) is 37.5 Å². The summed E-state index contributed by atoms with van der Waals surface area (Å²) in [5, 5.41) is 6.62. The molecule has 7 heteroatoms. The molecule has 1 saturated heterocycles. The van der Waals surface area contributed by atoms with E-state index in [-0.39, 0.29) is 29.1 Å². The first-order valence-corrected chi connectivity index (χ1v) is 9.27. The van der Waals surface area contributed by atoms with E-state index in [1.807, 2.05) is 31.2 Å². The molecule has 1 fully saturated rings. The van der Waals surface area contributed by atoms with Crippen LogP contribution in [0.5, 0.6) is 0 Å². The zero-order valence-corrected chi connectivity index (χ0v) is 13.6. The molecule has 0 aliphatic carbocycles. The lowest BCUT2D eigenvalue weighted by molar-refractivity contribution is 0.0911. The van der Waals surface area contributed by atoms with Gasteiger partial charge in [-0.3, -0.25) is 4.79 Å². The van der Waals surface area contributed by atoms with Crippen LogP contribution in [0.4, 0.5) is 0 Å². The van der Waals surface area contributed by atoms with Crippen molar-refractivity contribution in [3.05, 3.63) is 41.7 Å². The Bertz CT molecular complexity index is 809. The molecule has 1 aliphatic rings. The van der Waals surface area contributed by atoms with Gasteiger partial charge in [-0.25, -0.2) is 8.42 Å². The summed E-state index contributed by atoms with van der Waals surface area (Å²) in [6, 6.07) is 9.34. The Morgan fingerprint density at radius 2 is 2.09 bits per heavy atom. The van der Waals surface area contributed by atoms with Gasteiger partial charge in [-0.05, 0) is 19.3 Å². The fourth-order valence-corrected chi connectivity index (χ4v) is 4.46. The SMILES string of the molecule is Cc1ccc(-c2cc(C(=O)NC[C@H]3CCS(=O)(=O)C3)on2)cc1. The maximum atomic E-state index is 12.1. The fraction of sp³-hybridized carbons (Fsp3) is 0.375. The van der Waals surface area contributed by atoms with Gasteiger partial charge in [0, 0.05) is 18.2 Å². The molecule has 0 saturated carbocycles. The monoisotopic (exact) mass is 334 g/mol. The molecule has 3 rings (SSSR count). The van der Waals surface area contributed by atoms with Crippen molar-refractivity contribution in [2.45, 2.75) is 13.3 Å². The van der Waals surface area contributed by atoms with Gasteiger partial charge in [-0.15, -0.1) is 0 Å². The summed E-state index contributed by atoms with van der Waals surface area (Å²) in [4.78, 5) is 12.1. The number of nitrogens with one attached hydrogen (secondary N) is 1. The maximum Gasteiger partial charge on any atom is 0.289 e. The van der Waals surface area contributed by atoms with Gasteiger partial charge in [0.1, 0.15) is 5.69 Å². The summed E-state index contributed by atoms with van der Waals surface area (Å²) in [7, 11) is -2.93. The molecule has 1 atom stereocenters. The average molecular weight is 334 g/mol. The van der Waals surface area contributed by atoms with Crippen LogP contribution in [0.25, 0.3) is 11.3 Å². The van der Waals surface area contributed by atoms with Crippen molar-refractivity contribution in [3.8, 4) is 11.3 Å². The lowest BCUT2D eigenvalue weighted by atomic mass is 10.1. The highest BCUT2D eigenvalue weighted by Crippen LogP contribution is 2.20. The number of hydrogen-bond donors (Lipinski definition) is 1. The number of carbonyl (C=O) groups is 1. The Morgan fingerprint density at radius 3 is 2.74 bits per heavy atom. The number of amides is 1. The molecule has 2 aromatic rings. The lowest BCUT2D eigenvalue weighted by Crippen LogP contribution is -2.29. The van der Waals surface area contributed by atoms with Crippen molar-refractivity contribution in [2.75, 3.05) is 18.1 Å². The predicted octanol–water partition coefficient (Wildman–Crippen LogP) is 1.81. The van der Waals surface area contributed by atoms with Crippen LogP contribution in [0, 0.1) is 12.8 Å². The summed E-state index contributed by atoms with van der Waals surface area (Å²) in [6.07, 6.45) is 0.591. The van der Waals surface area contributed by atoms with Gasteiger partial charge in [0.2, 0.25) is 5.76 Å². The second-order valence-corrected chi connectivity index (χ2v) is 8.15. The van der Waals surface area contributed by atoms with E-state index in [4.69, 9.17) is 4.52 Å². The first-order valence-electron chi connectivity index (χ1n) is 7.45. The van der Waals surface area contributed by atoms with Crippen molar-refractivity contribution in [1.29, 1.82) is 0 Å². The topological polar surface area (TPSA) is 89.3 Å². The van der Waals surface area contributed by atoms with Crippen molar-refractivity contribution < 1.29 is 17.7 Å². The Hall–Kier alpha value is -2.15. The number of aryl methyl sites for hydroxylation is 1. The van der Waals surface area contributed by atoms with E-state index < -0.39 is 9.84 Å². The van der Waals surface area contributed by atoms with Gasteiger partial charge in [-0.2, -0.15) is 0 Å². The molecular formula is C16H18N2O4S. The van der Waals surface area contributed by atoms with Gasteiger partial charge in [0.25, 0.3) is 5.91 Å². The molecule has 0 unspecified atom stereocenters. The minimum absolute atomic E-state index is 0.0246. The van der Waals surface area contributed by atoms with Gasteiger partial charge < -0.3 is 9.84 Å². The Morgan fingerprint density at radius 1 is 1.35 bits per heavy atom. The van der Waals surface area contributed by atoms with E-state index in [2.05, 4.69) is 10.5 Å². The predicted molar refractivity (Wildman–Crippen MR) is 85.8 cm³/mol. The number of nitrogens with zero attached hydrogens (tertiary/aromatic N) is 1. The normalized spacial score (nSPS) is 19.6. The number of carbonyl (C=O) groups excluding carboxylic acids is 1. The highest BCUT2D eigenvalue weighted by Gasteiger charge is 2.28. The van der Waals surface area contributed by atoms with Gasteiger partial charge >= 0.3 is 0 Å². The molecule has 1 aliphatic heterocycles. The van der Waals surface area contributed by atoms with Crippen LogP contribution in [0.1, 0.15) is 22.5 Å². The average Bonchev–Trinajstić information content (AvgIpc) is 3.12. The number of hydrogen-bond acceptors (Lipinski definition) is 5. The molecule has 0 spiro atoms. The second-order valence-electron chi connectivity index (χ2n) is 5.92. The molecule has 2 heterocycles. The molecule has 1 N–H and O–H groups in total. The van der Waals surface area contributed by atoms with Crippen molar-refractivity contribution in [3.63, 3.8) is 0 Å². The number of aromatic nitrogens is 1. The maximum absolute atomic E-state index is 12.1. The number of benzene rings is 1. The Balaban J connectivity index is 1.61. The van der Waals surface area contributed by atoms with Crippen LogP contribution >= 0.6 is 0 Å². The third kappa shape index (κ3) is 3.79. The first kappa shape index (κ1) is 15.7. The van der Waals surface area contributed by atoms with Gasteiger partial charge in [0.15, 0.2) is 9.84 Å². The van der Waals surface area contributed by atoms with E-state index in [0.29, 0.717) is 18.7 Å². The number of rotatable bonds is 4. The molecule has 1 aromatic carbocycles. The third-order valence-corrected chi connectivity index (χ3v) is 5.80. The van der Waals surface area contributed by atoms with Crippen LogP contribution < -0.4 is 5.32 Å². The summed E-state index contributed by atoms with van der Waals surface area (Å²) < 4.78 is 27.9. The Labute approximate surface area is 134 Å². The van der Waals surface area contributed by atoms with Crippen LogP contribution in [0.2, 0.25) is 0 Å². The quantitative estimate of drug-likeness (QED) is 0.921.